The van der Waals surface area contributed by atoms with Crippen LogP contribution < -0.4 is 4.74 Å². The molecule has 1 saturated heterocycles. The number of ether oxygens (including phenoxy) is 1. The molecule has 2 heterocycles. The Kier molecular flexibility index (Phi) is 5.44. The number of thiophene rings is 1. The molecule has 0 aliphatic carbocycles. The number of sulfone groups is 1. The number of aryl methyl sites for hydroxylation is 1. The fourth-order valence-electron chi connectivity index (χ4n) is 2.93. The first-order chi connectivity index (χ1) is 12.0. The summed E-state index contributed by atoms with van der Waals surface area (Å²) in [6.45, 7) is 2.53. The molecular formula is C18H21NO4S2. The van der Waals surface area contributed by atoms with Crippen LogP contribution in [-0.2, 0) is 14.6 Å². The monoisotopic (exact) mass is 379 g/mol. The normalized spacial score (nSPS) is 20.0. The molecule has 2 aromatic rings. The molecule has 1 aromatic heterocycles. The van der Waals surface area contributed by atoms with Gasteiger partial charge in [0.1, 0.15) is 5.75 Å². The van der Waals surface area contributed by atoms with E-state index in [1.807, 2.05) is 42.6 Å². The van der Waals surface area contributed by atoms with Crippen molar-refractivity contribution in [2.75, 3.05) is 25.4 Å². The minimum atomic E-state index is -3.25. The lowest BCUT2D eigenvalue weighted by atomic mass is 10.2. The molecule has 7 heteroatoms. The zero-order valence-electron chi connectivity index (χ0n) is 14.1. The van der Waals surface area contributed by atoms with Crippen molar-refractivity contribution in [2.24, 2.45) is 0 Å². The summed E-state index contributed by atoms with van der Waals surface area (Å²) < 4.78 is 30.6. The molecule has 3 rings (SSSR count). The van der Waals surface area contributed by atoms with Crippen LogP contribution in [0.25, 0.3) is 0 Å². The van der Waals surface area contributed by atoms with Gasteiger partial charge in [-0.1, -0.05) is 18.2 Å². The second-order valence-electron chi connectivity index (χ2n) is 6.15. The molecule has 134 valence electrons. The Bertz CT molecular complexity index is 831. The highest BCUT2D eigenvalue weighted by Gasteiger charge is 2.33. The molecule has 0 saturated carbocycles. The van der Waals surface area contributed by atoms with Crippen LogP contribution >= 0.6 is 11.3 Å². The van der Waals surface area contributed by atoms with Gasteiger partial charge in [-0.25, -0.2) is 8.42 Å². The van der Waals surface area contributed by atoms with Crippen LogP contribution in [0.1, 0.15) is 22.1 Å². The lowest BCUT2D eigenvalue weighted by Crippen LogP contribution is -2.37. The van der Waals surface area contributed by atoms with Gasteiger partial charge in [0.25, 0.3) is 5.91 Å². The molecular weight excluding hydrogens is 358 g/mol. The van der Waals surface area contributed by atoms with Crippen molar-refractivity contribution in [3.63, 3.8) is 0 Å². The van der Waals surface area contributed by atoms with Gasteiger partial charge in [0.15, 0.2) is 16.4 Å². The topological polar surface area (TPSA) is 63.7 Å². The summed E-state index contributed by atoms with van der Waals surface area (Å²) in [7, 11) is -3.25. The summed E-state index contributed by atoms with van der Waals surface area (Å²) in [5.74, 6) is 0.460. The summed E-state index contributed by atoms with van der Waals surface area (Å²) in [5.41, 5.74) is 1.06. The van der Waals surface area contributed by atoms with E-state index >= 15 is 0 Å². The smallest absolute Gasteiger partial charge is 0.260 e. The van der Waals surface area contributed by atoms with Crippen LogP contribution in [0.3, 0.4) is 0 Å². The zero-order valence-corrected chi connectivity index (χ0v) is 15.7. The Morgan fingerprint density at radius 3 is 2.84 bits per heavy atom. The maximum atomic E-state index is 12.5. The van der Waals surface area contributed by atoms with E-state index in [1.165, 1.54) is 11.3 Å². The van der Waals surface area contributed by atoms with E-state index < -0.39 is 15.1 Å². The van der Waals surface area contributed by atoms with E-state index in [4.69, 9.17) is 4.74 Å². The molecule has 1 aliphatic heterocycles. The van der Waals surface area contributed by atoms with Crippen LogP contribution in [0.2, 0.25) is 0 Å². The van der Waals surface area contributed by atoms with Gasteiger partial charge in [0, 0.05) is 18.0 Å². The van der Waals surface area contributed by atoms with Crippen molar-refractivity contribution in [1.29, 1.82) is 0 Å². The second kappa shape index (κ2) is 7.58. The van der Waals surface area contributed by atoms with Gasteiger partial charge in [0.05, 0.1) is 11.0 Å². The Balaban J connectivity index is 1.63. The first kappa shape index (κ1) is 17.9. The largest absolute Gasteiger partial charge is 0.484 e. The maximum Gasteiger partial charge on any atom is 0.260 e. The predicted molar refractivity (Wildman–Crippen MR) is 98.7 cm³/mol. The van der Waals surface area contributed by atoms with E-state index in [-0.39, 0.29) is 24.8 Å². The van der Waals surface area contributed by atoms with E-state index in [0.717, 1.165) is 10.4 Å². The summed E-state index contributed by atoms with van der Waals surface area (Å²) in [6, 6.07) is 11.2. The highest BCUT2D eigenvalue weighted by atomic mass is 32.2. The first-order valence-corrected chi connectivity index (χ1v) is 10.8. The molecule has 1 fully saturated rings. The Morgan fingerprint density at radius 1 is 1.28 bits per heavy atom. The van der Waals surface area contributed by atoms with Crippen molar-refractivity contribution < 1.29 is 17.9 Å². The van der Waals surface area contributed by atoms with Crippen LogP contribution in [0, 0.1) is 6.92 Å². The number of rotatable bonds is 4. The number of hydrogen-bond acceptors (Lipinski definition) is 5. The quantitative estimate of drug-likeness (QED) is 0.819. The Hall–Kier alpha value is -1.86. The molecule has 1 aromatic carbocycles. The lowest BCUT2D eigenvalue weighted by molar-refractivity contribution is -0.133. The SMILES string of the molecule is Cc1cccc(OCC(=O)N2CCC(c3cccs3)S(=O)(=O)CC2)c1. The fourth-order valence-corrected chi connectivity index (χ4v) is 5.93. The summed E-state index contributed by atoms with van der Waals surface area (Å²) in [4.78, 5) is 14.9. The second-order valence-corrected chi connectivity index (χ2v) is 9.43. The molecule has 0 bridgehead atoms. The number of benzene rings is 1. The van der Waals surface area contributed by atoms with Crippen LogP contribution in [0.5, 0.6) is 5.75 Å². The van der Waals surface area contributed by atoms with Crippen LogP contribution in [0.15, 0.2) is 41.8 Å². The average molecular weight is 380 g/mol. The molecule has 1 unspecified atom stereocenters. The van der Waals surface area contributed by atoms with Gasteiger partial charge in [-0.05, 0) is 42.5 Å². The highest BCUT2D eigenvalue weighted by Crippen LogP contribution is 2.32. The summed E-state index contributed by atoms with van der Waals surface area (Å²) in [5, 5.41) is 1.37. The number of carbonyl (C=O) groups is 1. The Labute approximate surface area is 152 Å². The van der Waals surface area contributed by atoms with Gasteiger partial charge in [0.2, 0.25) is 0 Å². The van der Waals surface area contributed by atoms with Crippen LogP contribution in [0.4, 0.5) is 0 Å². The third-order valence-corrected chi connectivity index (χ3v) is 7.55. The molecule has 5 nitrogen and oxygen atoms in total. The Morgan fingerprint density at radius 2 is 2.12 bits per heavy atom. The standard InChI is InChI=1S/C18H21NO4S2/c1-14-4-2-5-15(12-14)23-13-18(20)19-8-7-17(16-6-3-10-24-16)25(21,22)11-9-19/h2-6,10,12,17H,7-9,11,13H2,1H3. The van der Waals surface area contributed by atoms with Crippen molar-refractivity contribution >= 4 is 27.1 Å². The van der Waals surface area contributed by atoms with Gasteiger partial charge in [-0.2, -0.15) is 0 Å². The zero-order chi connectivity index (χ0) is 17.9. The van der Waals surface area contributed by atoms with E-state index in [1.54, 1.807) is 11.0 Å². The number of amides is 1. The number of carbonyl (C=O) groups excluding carboxylic acids is 1. The van der Waals surface area contributed by atoms with E-state index in [9.17, 15) is 13.2 Å². The molecule has 1 atom stereocenters. The van der Waals surface area contributed by atoms with Crippen molar-refractivity contribution in [3.8, 4) is 5.75 Å². The van der Waals surface area contributed by atoms with Crippen molar-refractivity contribution in [1.82, 2.24) is 4.90 Å². The van der Waals surface area contributed by atoms with Gasteiger partial charge in [-0.3, -0.25) is 4.79 Å². The fraction of sp³-hybridized carbons (Fsp3) is 0.389. The van der Waals surface area contributed by atoms with E-state index in [0.29, 0.717) is 18.7 Å². The van der Waals surface area contributed by atoms with Gasteiger partial charge in [-0.15, -0.1) is 11.3 Å². The molecule has 0 radical (unpaired) electrons. The maximum absolute atomic E-state index is 12.5. The molecule has 1 amide bonds. The minimum absolute atomic E-state index is 0.00818. The number of nitrogens with zero attached hydrogens (tertiary/aromatic N) is 1. The first-order valence-electron chi connectivity index (χ1n) is 8.18. The lowest BCUT2D eigenvalue weighted by Gasteiger charge is -2.20. The molecule has 1 aliphatic rings. The molecule has 0 spiro atoms. The van der Waals surface area contributed by atoms with Crippen molar-refractivity contribution in [3.05, 3.63) is 52.2 Å². The summed E-state index contributed by atoms with van der Waals surface area (Å²) >= 11 is 1.45. The average Bonchev–Trinajstić information content (AvgIpc) is 3.04. The molecule has 0 N–H and O–H groups in total. The van der Waals surface area contributed by atoms with E-state index in [2.05, 4.69) is 0 Å². The predicted octanol–water partition coefficient (Wildman–Crippen LogP) is 2.82. The molecule has 25 heavy (non-hydrogen) atoms. The van der Waals surface area contributed by atoms with Crippen LogP contribution in [-0.4, -0.2) is 44.7 Å². The van der Waals surface area contributed by atoms with Crippen molar-refractivity contribution in [2.45, 2.75) is 18.6 Å². The highest BCUT2D eigenvalue weighted by molar-refractivity contribution is 7.91. The van der Waals surface area contributed by atoms with Gasteiger partial charge >= 0.3 is 0 Å². The number of hydrogen-bond donors (Lipinski definition) is 0. The third-order valence-electron chi connectivity index (χ3n) is 4.31. The third kappa shape index (κ3) is 4.41. The summed E-state index contributed by atoms with van der Waals surface area (Å²) in [6.07, 6.45) is 0.430. The van der Waals surface area contributed by atoms with Gasteiger partial charge < -0.3 is 9.64 Å². The minimum Gasteiger partial charge on any atom is -0.484 e.